The Kier molecular flexibility index (Phi) is 12.1. The van der Waals surface area contributed by atoms with E-state index in [2.05, 4.69) is 25.9 Å². The van der Waals surface area contributed by atoms with Crippen LogP contribution < -0.4 is 21.7 Å². The summed E-state index contributed by atoms with van der Waals surface area (Å²) in [5.74, 6) is -4.55. The molecule has 4 unspecified atom stereocenters. The van der Waals surface area contributed by atoms with Crippen LogP contribution in [0, 0.1) is 5.92 Å². The second kappa shape index (κ2) is 15.2. The largest absolute Gasteiger partial charge is 0.481 e. The first-order chi connectivity index (χ1) is 18.5. The summed E-state index contributed by atoms with van der Waals surface area (Å²) in [4.78, 5) is 68.7. The van der Waals surface area contributed by atoms with Crippen molar-refractivity contribution in [3.8, 4) is 0 Å². The van der Waals surface area contributed by atoms with E-state index in [4.69, 9.17) is 10.8 Å². The van der Waals surface area contributed by atoms with E-state index in [1.807, 2.05) is 13.8 Å². The molecule has 2 rings (SSSR count). The van der Waals surface area contributed by atoms with Crippen molar-refractivity contribution in [3.05, 3.63) is 54.1 Å². The fraction of sp³-hybridized carbons (Fsp3) is 0.462. The standard InChI is InChI=1S/C26H36N6O7/c1-15(2)10-18(27)23(35)31-20(11-16-6-4-3-5-7-16)25(37)30-19(8-9-22(33)34)24(36)32-21(26(38)39)12-17-13-28-14-29-17/h3-7,13-15,18-21H,8-12,27H2,1-2H3,(H,28,29)(H,30,37)(H,31,35)(H,32,36)(H,33,34)(H,38,39). The van der Waals surface area contributed by atoms with Crippen LogP contribution in [0.3, 0.4) is 0 Å². The molecule has 13 nitrogen and oxygen atoms in total. The van der Waals surface area contributed by atoms with Crippen molar-refractivity contribution in [1.82, 2.24) is 25.9 Å². The number of aromatic nitrogens is 2. The summed E-state index contributed by atoms with van der Waals surface area (Å²) in [6, 6.07) is 4.14. The van der Waals surface area contributed by atoms with Crippen LogP contribution in [0.1, 0.15) is 44.4 Å². The molecule has 0 saturated carbocycles. The van der Waals surface area contributed by atoms with Gasteiger partial charge in [-0.05, 0) is 24.3 Å². The minimum Gasteiger partial charge on any atom is -0.481 e. The van der Waals surface area contributed by atoms with Crippen molar-refractivity contribution in [1.29, 1.82) is 0 Å². The van der Waals surface area contributed by atoms with Gasteiger partial charge in [0.05, 0.1) is 12.4 Å². The molecule has 1 aromatic carbocycles. The second-order valence-corrected chi connectivity index (χ2v) is 9.66. The van der Waals surface area contributed by atoms with Crippen LogP contribution in [0.15, 0.2) is 42.9 Å². The molecule has 0 radical (unpaired) electrons. The molecule has 0 aliphatic rings. The Bertz CT molecular complexity index is 1110. The molecule has 212 valence electrons. The molecular formula is C26H36N6O7. The van der Waals surface area contributed by atoms with Gasteiger partial charge >= 0.3 is 11.9 Å². The number of hydrogen-bond donors (Lipinski definition) is 7. The Hall–Kier alpha value is -4.26. The number of carboxylic acid groups (broad SMARTS) is 2. The van der Waals surface area contributed by atoms with E-state index in [-0.39, 0.29) is 25.2 Å². The maximum Gasteiger partial charge on any atom is 0.326 e. The fourth-order valence-electron chi connectivity index (χ4n) is 3.85. The van der Waals surface area contributed by atoms with Crippen molar-refractivity contribution in [2.24, 2.45) is 11.7 Å². The van der Waals surface area contributed by atoms with E-state index < -0.39 is 60.2 Å². The van der Waals surface area contributed by atoms with Crippen LogP contribution >= 0.6 is 0 Å². The molecule has 0 bridgehead atoms. The first kappa shape index (κ1) is 31.0. The van der Waals surface area contributed by atoms with Gasteiger partial charge in [0.25, 0.3) is 0 Å². The van der Waals surface area contributed by atoms with E-state index >= 15 is 0 Å². The summed E-state index contributed by atoms with van der Waals surface area (Å²) < 4.78 is 0. The monoisotopic (exact) mass is 544 g/mol. The Morgan fingerprint density at radius 2 is 1.51 bits per heavy atom. The van der Waals surface area contributed by atoms with Gasteiger partial charge in [-0.3, -0.25) is 19.2 Å². The molecular weight excluding hydrogens is 508 g/mol. The number of nitrogens with zero attached hydrogens (tertiary/aromatic N) is 1. The minimum absolute atomic E-state index is 0.0810. The number of benzene rings is 1. The van der Waals surface area contributed by atoms with E-state index in [1.54, 1.807) is 30.3 Å². The Morgan fingerprint density at radius 3 is 2.08 bits per heavy atom. The molecule has 1 heterocycles. The molecule has 0 aliphatic heterocycles. The summed E-state index contributed by atoms with van der Waals surface area (Å²) >= 11 is 0. The third kappa shape index (κ3) is 10.9. The maximum atomic E-state index is 13.3. The van der Waals surface area contributed by atoms with E-state index in [1.165, 1.54) is 12.5 Å². The Labute approximate surface area is 226 Å². The van der Waals surface area contributed by atoms with Gasteiger partial charge in [-0.2, -0.15) is 0 Å². The number of rotatable bonds is 16. The quantitative estimate of drug-likeness (QED) is 0.151. The maximum absolute atomic E-state index is 13.3. The first-order valence-electron chi connectivity index (χ1n) is 12.6. The third-order valence-corrected chi connectivity index (χ3v) is 5.85. The molecule has 3 amide bonds. The number of carbonyl (C=O) groups excluding carboxylic acids is 3. The van der Waals surface area contributed by atoms with Gasteiger partial charge in [-0.25, -0.2) is 9.78 Å². The number of carboxylic acids is 2. The van der Waals surface area contributed by atoms with E-state index in [0.717, 1.165) is 5.56 Å². The van der Waals surface area contributed by atoms with Gasteiger partial charge in [-0.15, -0.1) is 0 Å². The number of nitrogens with one attached hydrogen (secondary N) is 4. The SMILES string of the molecule is CC(C)CC(N)C(=O)NC(Cc1ccccc1)C(=O)NC(CCC(=O)O)C(=O)NC(Cc1cnc[nH]1)C(=O)O. The van der Waals surface area contributed by atoms with Crippen LogP contribution in [-0.4, -0.2) is 74.0 Å². The van der Waals surface area contributed by atoms with Crippen LogP contribution in [-0.2, 0) is 36.8 Å². The number of nitrogens with two attached hydrogens (primary N) is 1. The third-order valence-electron chi connectivity index (χ3n) is 5.85. The number of carbonyl (C=O) groups is 5. The number of aliphatic carboxylic acids is 2. The average Bonchev–Trinajstić information content (AvgIpc) is 3.38. The molecule has 4 atom stereocenters. The lowest BCUT2D eigenvalue weighted by Crippen LogP contribution is -2.58. The van der Waals surface area contributed by atoms with Gasteiger partial charge in [0.2, 0.25) is 17.7 Å². The highest BCUT2D eigenvalue weighted by Gasteiger charge is 2.31. The molecule has 39 heavy (non-hydrogen) atoms. The lowest BCUT2D eigenvalue weighted by Gasteiger charge is -2.25. The van der Waals surface area contributed by atoms with Crippen LogP contribution in [0.4, 0.5) is 0 Å². The highest BCUT2D eigenvalue weighted by Crippen LogP contribution is 2.09. The molecule has 2 aromatic rings. The highest BCUT2D eigenvalue weighted by molar-refractivity contribution is 5.94. The Morgan fingerprint density at radius 1 is 0.897 bits per heavy atom. The smallest absolute Gasteiger partial charge is 0.326 e. The number of H-pyrrole nitrogens is 1. The molecule has 0 saturated heterocycles. The van der Waals surface area contributed by atoms with Crippen molar-refractivity contribution >= 4 is 29.7 Å². The molecule has 0 fully saturated rings. The molecule has 8 N–H and O–H groups in total. The first-order valence-corrected chi connectivity index (χ1v) is 12.6. The van der Waals surface area contributed by atoms with Crippen LogP contribution in [0.2, 0.25) is 0 Å². The number of amides is 3. The molecule has 1 aromatic heterocycles. The molecule has 0 spiro atoms. The summed E-state index contributed by atoms with van der Waals surface area (Å²) in [6.45, 7) is 3.81. The predicted molar refractivity (Wildman–Crippen MR) is 140 cm³/mol. The summed E-state index contributed by atoms with van der Waals surface area (Å²) in [6.07, 6.45) is 2.36. The fourth-order valence-corrected chi connectivity index (χ4v) is 3.85. The minimum atomic E-state index is -1.38. The predicted octanol–water partition coefficient (Wildman–Crippen LogP) is -0.0279. The lowest BCUT2D eigenvalue weighted by atomic mass is 10.0. The number of imidazole rings is 1. The van der Waals surface area contributed by atoms with Crippen molar-refractivity contribution < 1.29 is 34.2 Å². The number of hydrogen-bond acceptors (Lipinski definition) is 7. The zero-order chi connectivity index (χ0) is 28.9. The van der Waals surface area contributed by atoms with Crippen molar-refractivity contribution in [2.75, 3.05) is 0 Å². The Balaban J connectivity index is 2.22. The van der Waals surface area contributed by atoms with Crippen LogP contribution in [0.25, 0.3) is 0 Å². The van der Waals surface area contributed by atoms with Crippen LogP contribution in [0.5, 0.6) is 0 Å². The van der Waals surface area contributed by atoms with Gasteiger partial charge in [0.1, 0.15) is 18.1 Å². The van der Waals surface area contributed by atoms with Gasteiger partial charge in [0.15, 0.2) is 0 Å². The van der Waals surface area contributed by atoms with Crippen molar-refractivity contribution in [2.45, 2.75) is 70.1 Å². The van der Waals surface area contributed by atoms with E-state index in [0.29, 0.717) is 12.1 Å². The van der Waals surface area contributed by atoms with Gasteiger partial charge in [-0.1, -0.05) is 44.2 Å². The lowest BCUT2D eigenvalue weighted by molar-refractivity contribution is -0.143. The van der Waals surface area contributed by atoms with Crippen molar-refractivity contribution in [3.63, 3.8) is 0 Å². The summed E-state index contributed by atoms with van der Waals surface area (Å²) in [5, 5.41) is 26.2. The molecule has 13 heteroatoms. The zero-order valence-electron chi connectivity index (χ0n) is 21.9. The summed E-state index contributed by atoms with van der Waals surface area (Å²) in [5.41, 5.74) is 7.18. The van der Waals surface area contributed by atoms with E-state index in [9.17, 15) is 29.1 Å². The van der Waals surface area contributed by atoms with Gasteiger partial charge in [0, 0.05) is 31.2 Å². The summed E-state index contributed by atoms with van der Waals surface area (Å²) in [7, 11) is 0. The number of aromatic amines is 1. The topological polar surface area (TPSA) is 217 Å². The van der Waals surface area contributed by atoms with Gasteiger partial charge < -0.3 is 36.9 Å². The molecule has 0 aliphatic carbocycles. The highest BCUT2D eigenvalue weighted by atomic mass is 16.4. The average molecular weight is 545 g/mol. The second-order valence-electron chi connectivity index (χ2n) is 9.66. The zero-order valence-corrected chi connectivity index (χ0v) is 21.9. The normalized spacial score (nSPS) is 14.1.